The standard InChI is InChI=1S/C21H21F3N2O2/c1-14(2)10-19(20(27)26-13-15-6-4-3-5-7-15)28-17-9-8-16(12-25)18(11-17)21(22,23)24/h3-9,11,14,19H,10,13H2,1-2H3,(H,26,27)/t19-/m1/s1. The Labute approximate surface area is 161 Å². The van der Waals surface area contributed by atoms with Crippen molar-refractivity contribution in [3.8, 4) is 11.8 Å². The largest absolute Gasteiger partial charge is 0.481 e. The van der Waals surface area contributed by atoms with E-state index in [-0.39, 0.29) is 11.7 Å². The first-order valence-corrected chi connectivity index (χ1v) is 8.80. The highest BCUT2D eigenvalue weighted by Gasteiger charge is 2.34. The molecular formula is C21H21F3N2O2. The van der Waals surface area contributed by atoms with Gasteiger partial charge in [0.05, 0.1) is 17.2 Å². The van der Waals surface area contributed by atoms with Crippen molar-refractivity contribution in [2.45, 2.75) is 39.1 Å². The molecule has 0 aromatic heterocycles. The molecule has 7 heteroatoms. The third-order valence-corrected chi connectivity index (χ3v) is 3.98. The van der Waals surface area contributed by atoms with Crippen molar-refractivity contribution >= 4 is 5.91 Å². The van der Waals surface area contributed by atoms with Gasteiger partial charge in [0, 0.05) is 6.54 Å². The number of carbonyl (C=O) groups excluding carboxylic acids is 1. The Kier molecular flexibility index (Phi) is 7.05. The van der Waals surface area contributed by atoms with Crippen LogP contribution >= 0.6 is 0 Å². The summed E-state index contributed by atoms with van der Waals surface area (Å²) >= 11 is 0. The van der Waals surface area contributed by atoms with Crippen LogP contribution < -0.4 is 10.1 Å². The first-order chi connectivity index (χ1) is 13.2. The number of halogens is 3. The molecule has 0 radical (unpaired) electrons. The van der Waals surface area contributed by atoms with Crippen LogP contribution in [-0.4, -0.2) is 12.0 Å². The minimum absolute atomic E-state index is 0.0907. The van der Waals surface area contributed by atoms with Crippen LogP contribution in [0.3, 0.4) is 0 Å². The van der Waals surface area contributed by atoms with E-state index >= 15 is 0 Å². The molecule has 0 unspecified atom stereocenters. The van der Waals surface area contributed by atoms with Crippen LogP contribution in [0.4, 0.5) is 13.2 Å². The van der Waals surface area contributed by atoms with Gasteiger partial charge >= 0.3 is 6.18 Å². The molecule has 0 saturated carbocycles. The van der Waals surface area contributed by atoms with Crippen molar-refractivity contribution < 1.29 is 22.7 Å². The van der Waals surface area contributed by atoms with E-state index in [0.29, 0.717) is 13.0 Å². The minimum atomic E-state index is -4.69. The molecule has 2 aromatic carbocycles. The summed E-state index contributed by atoms with van der Waals surface area (Å²) < 4.78 is 45.0. The van der Waals surface area contributed by atoms with Gasteiger partial charge in [0.2, 0.25) is 0 Å². The van der Waals surface area contributed by atoms with Crippen LogP contribution in [0.1, 0.15) is 37.0 Å². The van der Waals surface area contributed by atoms with Crippen LogP contribution in [0.5, 0.6) is 5.75 Å². The van der Waals surface area contributed by atoms with Crippen LogP contribution in [0.2, 0.25) is 0 Å². The molecule has 4 nitrogen and oxygen atoms in total. The van der Waals surface area contributed by atoms with Gasteiger partial charge in [0.1, 0.15) is 5.75 Å². The summed E-state index contributed by atoms with van der Waals surface area (Å²) in [6, 6.07) is 13.9. The maximum absolute atomic E-state index is 13.1. The lowest BCUT2D eigenvalue weighted by Gasteiger charge is -2.21. The summed E-state index contributed by atoms with van der Waals surface area (Å²) in [7, 11) is 0. The van der Waals surface area contributed by atoms with Crippen molar-refractivity contribution in [3.05, 3.63) is 65.2 Å². The lowest BCUT2D eigenvalue weighted by atomic mass is 10.0. The summed E-state index contributed by atoms with van der Waals surface area (Å²) in [6.07, 6.45) is -5.30. The van der Waals surface area contributed by atoms with E-state index < -0.39 is 29.3 Å². The van der Waals surface area contributed by atoms with Gasteiger partial charge in [-0.25, -0.2) is 0 Å². The van der Waals surface area contributed by atoms with E-state index in [1.807, 2.05) is 44.2 Å². The number of nitrogens with one attached hydrogen (secondary N) is 1. The number of carbonyl (C=O) groups is 1. The van der Waals surface area contributed by atoms with Crippen LogP contribution in [0, 0.1) is 17.2 Å². The zero-order valence-electron chi connectivity index (χ0n) is 15.6. The summed E-state index contributed by atoms with van der Waals surface area (Å²) in [5.74, 6) is -0.421. The van der Waals surface area contributed by atoms with Crippen molar-refractivity contribution in [1.82, 2.24) is 5.32 Å². The predicted octanol–water partition coefficient (Wildman–Crippen LogP) is 4.69. The molecule has 0 aliphatic heterocycles. The van der Waals surface area contributed by atoms with Crippen molar-refractivity contribution in [2.24, 2.45) is 5.92 Å². The number of benzene rings is 2. The van der Waals surface area contributed by atoms with Crippen molar-refractivity contribution in [3.63, 3.8) is 0 Å². The molecule has 28 heavy (non-hydrogen) atoms. The predicted molar refractivity (Wildman–Crippen MR) is 98.3 cm³/mol. The van der Waals surface area contributed by atoms with E-state index in [4.69, 9.17) is 10.00 Å². The fourth-order valence-corrected chi connectivity index (χ4v) is 2.63. The molecule has 0 bridgehead atoms. The van der Waals surface area contributed by atoms with Crippen LogP contribution in [0.25, 0.3) is 0 Å². The Hall–Kier alpha value is -3.01. The molecule has 1 amide bonds. The highest BCUT2D eigenvalue weighted by atomic mass is 19.4. The van der Waals surface area contributed by atoms with Gasteiger partial charge in [-0.2, -0.15) is 18.4 Å². The number of alkyl halides is 3. The quantitative estimate of drug-likeness (QED) is 0.746. The smallest absolute Gasteiger partial charge is 0.417 e. The Morgan fingerprint density at radius 3 is 2.43 bits per heavy atom. The number of hydrogen-bond donors (Lipinski definition) is 1. The maximum Gasteiger partial charge on any atom is 0.417 e. The Bertz CT molecular complexity index is 843. The highest BCUT2D eigenvalue weighted by Crippen LogP contribution is 2.34. The third kappa shape index (κ3) is 6.02. The SMILES string of the molecule is CC(C)C[C@@H](Oc1ccc(C#N)c(C(F)(F)F)c1)C(=O)NCc1ccccc1. The van der Waals surface area contributed by atoms with Gasteiger partial charge < -0.3 is 10.1 Å². The Morgan fingerprint density at radius 1 is 1.18 bits per heavy atom. The first-order valence-electron chi connectivity index (χ1n) is 8.80. The molecule has 2 rings (SSSR count). The molecule has 0 spiro atoms. The second-order valence-corrected chi connectivity index (χ2v) is 6.76. The molecule has 1 N–H and O–H groups in total. The first kappa shape index (κ1) is 21.3. The van der Waals surface area contributed by atoms with E-state index in [9.17, 15) is 18.0 Å². The van der Waals surface area contributed by atoms with Crippen molar-refractivity contribution in [2.75, 3.05) is 0 Å². The maximum atomic E-state index is 13.1. The lowest BCUT2D eigenvalue weighted by Crippen LogP contribution is -2.39. The monoisotopic (exact) mass is 390 g/mol. The molecule has 0 fully saturated rings. The average Bonchev–Trinajstić information content (AvgIpc) is 2.65. The van der Waals surface area contributed by atoms with Gasteiger partial charge in [-0.3, -0.25) is 4.79 Å². The molecule has 148 valence electrons. The fraction of sp³-hybridized carbons (Fsp3) is 0.333. The van der Waals surface area contributed by atoms with Crippen LogP contribution in [0.15, 0.2) is 48.5 Å². The number of rotatable bonds is 7. The molecule has 0 heterocycles. The van der Waals surface area contributed by atoms with E-state index in [0.717, 1.165) is 17.7 Å². The van der Waals surface area contributed by atoms with Gasteiger partial charge in [-0.05, 0) is 36.1 Å². The van der Waals surface area contributed by atoms with Gasteiger partial charge in [0.25, 0.3) is 5.91 Å². The van der Waals surface area contributed by atoms with E-state index in [1.54, 1.807) is 0 Å². The third-order valence-electron chi connectivity index (χ3n) is 3.98. The van der Waals surface area contributed by atoms with Gasteiger partial charge in [0.15, 0.2) is 6.10 Å². The number of nitriles is 1. The second kappa shape index (κ2) is 9.27. The summed E-state index contributed by atoms with van der Waals surface area (Å²) in [5, 5.41) is 11.6. The normalized spacial score (nSPS) is 12.3. The van der Waals surface area contributed by atoms with Crippen molar-refractivity contribution in [1.29, 1.82) is 5.26 Å². The molecular weight excluding hydrogens is 369 g/mol. The molecule has 2 aromatic rings. The number of hydrogen-bond acceptors (Lipinski definition) is 3. The molecule has 0 saturated heterocycles. The van der Waals surface area contributed by atoms with Gasteiger partial charge in [-0.1, -0.05) is 44.2 Å². The lowest BCUT2D eigenvalue weighted by molar-refractivity contribution is -0.137. The summed E-state index contributed by atoms with van der Waals surface area (Å²) in [5.41, 5.74) is -0.675. The topological polar surface area (TPSA) is 62.1 Å². The van der Waals surface area contributed by atoms with Gasteiger partial charge in [-0.15, -0.1) is 0 Å². The molecule has 0 aliphatic rings. The van der Waals surface area contributed by atoms with E-state index in [1.165, 1.54) is 12.1 Å². The summed E-state index contributed by atoms with van der Waals surface area (Å²) in [4.78, 5) is 12.6. The number of ether oxygens (including phenoxy) is 1. The zero-order chi connectivity index (χ0) is 20.7. The average molecular weight is 390 g/mol. The zero-order valence-corrected chi connectivity index (χ0v) is 15.6. The van der Waals surface area contributed by atoms with E-state index in [2.05, 4.69) is 5.32 Å². The van der Waals surface area contributed by atoms with Crippen LogP contribution in [-0.2, 0) is 17.5 Å². The summed E-state index contributed by atoms with van der Waals surface area (Å²) in [6.45, 7) is 4.07. The fourth-order valence-electron chi connectivity index (χ4n) is 2.63. The number of nitrogens with zero attached hydrogens (tertiary/aromatic N) is 1. The second-order valence-electron chi connectivity index (χ2n) is 6.76. The molecule has 0 aliphatic carbocycles. The Balaban J connectivity index is 2.17. The Morgan fingerprint density at radius 2 is 1.86 bits per heavy atom. The highest BCUT2D eigenvalue weighted by molar-refractivity contribution is 5.81. The molecule has 1 atom stereocenters. The number of amides is 1. The minimum Gasteiger partial charge on any atom is -0.481 e.